The Labute approximate surface area is 179 Å². The number of hydrogen-bond acceptors (Lipinski definition) is 6. The summed E-state index contributed by atoms with van der Waals surface area (Å²) in [4.78, 5) is 7.93. The standard InChI is InChI=1S/C23H22FN5O2/c24-23-19(5-3-12-25-23)8-11-22-27-20(17-31-22)16-30-21-9-6-18(7-10-21)4-1-2-14-29-15-13-26-28-29/h3,5-13,15,17H,1-2,4,14,16H2/b11-8+. The molecule has 0 aliphatic rings. The lowest BCUT2D eigenvalue weighted by atomic mass is 10.1. The van der Waals surface area contributed by atoms with E-state index in [1.165, 1.54) is 18.0 Å². The van der Waals surface area contributed by atoms with Gasteiger partial charge in [0, 0.05) is 30.6 Å². The number of nitrogens with zero attached hydrogens (tertiary/aromatic N) is 5. The van der Waals surface area contributed by atoms with E-state index >= 15 is 0 Å². The molecular formula is C23H22FN5O2. The number of benzene rings is 1. The summed E-state index contributed by atoms with van der Waals surface area (Å²) in [5, 5.41) is 7.77. The lowest BCUT2D eigenvalue weighted by Gasteiger charge is -2.06. The number of aromatic nitrogens is 5. The van der Waals surface area contributed by atoms with Crippen molar-refractivity contribution in [2.24, 2.45) is 0 Å². The maximum absolute atomic E-state index is 13.5. The van der Waals surface area contributed by atoms with E-state index in [9.17, 15) is 4.39 Å². The van der Waals surface area contributed by atoms with Crippen LogP contribution in [0.25, 0.3) is 12.2 Å². The van der Waals surface area contributed by atoms with E-state index in [0.717, 1.165) is 31.6 Å². The molecule has 0 saturated carbocycles. The summed E-state index contributed by atoms with van der Waals surface area (Å²) in [6.07, 6.45) is 12.8. The van der Waals surface area contributed by atoms with Crippen molar-refractivity contribution in [2.75, 3.05) is 0 Å². The van der Waals surface area contributed by atoms with E-state index in [1.807, 2.05) is 23.0 Å². The van der Waals surface area contributed by atoms with Crippen molar-refractivity contribution in [1.29, 1.82) is 0 Å². The van der Waals surface area contributed by atoms with Crippen LogP contribution in [0.5, 0.6) is 5.75 Å². The van der Waals surface area contributed by atoms with Gasteiger partial charge in [0.2, 0.25) is 11.8 Å². The van der Waals surface area contributed by atoms with Crippen LogP contribution in [-0.4, -0.2) is 25.0 Å². The monoisotopic (exact) mass is 419 g/mol. The van der Waals surface area contributed by atoms with Crippen molar-refractivity contribution < 1.29 is 13.5 Å². The molecule has 31 heavy (non-hydrogen) atoms. The first-order valence-electron chi connectivity index (χ1n) is 10.0. The molecule has 158 valence electrons. The van der Waals surface area contributed by atoms with Crippen molar-refractivity contribution in [2.45, 2.75) is 32.4 Å². The smallest absolute Gasteiger partial charge is 0.220 e. The Balaban J connectivity index is 1.22. The minimum absolute atomic E-state index is 0.288. The third-order valence-electron chi connectivity index (χ3n) is 4.65. The molecule has 1 aromatic carbocycles. The Morgan fingerprint density at radius 1 is 1.06 bits per heavy atom. The molecule has 0 unspecified atom stereocenters. The molecule has 7 nitrogen and oxygen atoms in total. The molecule has 0 amide bonds. The highest BCUT2D eigenvalue weighted by Gasteiger charge is 2.04. The number of ether oxygens (including phenoxy) is 1. The topological polar surface area (TPSA) is 78.9 Å². The second kappa shape index (κ2) is 10.3. The minimum atomic E-state index is -0.535. The normalized spacial score (nSPS) is 11.3. The first-order valence-corrected chi connectivity index (χ1v) is 10.0. The maximum Gasteiger partial charge on any atom is 0.220 e. The SMILES string of the molecule is Fc1ncccc1/C=C/c1nc(COc2ccc(CCCCn3ccnn3)cc2)co1. The van der Waals surface area contributed by atoms with Gasteiger partial charge >= 0.3 is 0 Å². The van der Waals surface area contributed by atoms with Crippen LogP contribution in [0.3, 0.4) is 0 Å². The fraction of sp³-hybridized carbons (Fsp3) is 0.217. The van der Waals surface area contributed by atoms with E-state index < -0.39 is 5.95 Å². The molecule has 0 aliphatic heterocycles. The lowest BCUT2D eigenvalue weighted by molar-refractivity contribution is 0.301. The average Bonchev–Trinajstić information content (AvgIpc) is 3.48. The van der Waals surface area contributed by atoms with Crippen LogP contribution in [0.4, 0.5) is 4.39 Å². The summed E-state index contributed by atoms with van der Waals surface area (Å²) in [6, 6.07) is 11.4. The molecule has 0 aliphatic carbocycles. The summed E-state index contributed by atoms with van der Waals surface area (Å²) in [5.74, 6) is 0.611. The van der Waals surface area contributed by atoms with E-state index in [-0.39, 0.29) is 6.61 Å². The lowest BCUT2D eigenvalue weighted by Crippen LogP contribution is -1.99. The van der Waals surface area contributed by atoms with Gasteiger partial charge in [-0.3, -0.25) is 4.68 Å². The van der Waals surface area contributed by atoms with Crippen molar-refractivity contribution >= 4 is 12.2 Å². The number of unbranched alkanes of at least 4 members (excludes halogenated alkanes) is 1. The van der Waals surface area contributed by atoms with Crippen molar-refractivity contribution in [3.05, 3.63) is 89.9 Å². The maximum atomic E-state index is 13.5. The molecular weight excluding hydrogens is 397 g/mol. The second-order valence-corrected chi connectivity index (χ2v) is 6.95. The largest absolute Gasteiger partial charge is 0.487 e. The quantitative estimate of drug-likeness (QED) is 0.277. The zero-order valence-electron chi connectivity index (χ0n) is 16.9. The highest BCUT2D eigenvalue weighted by Crippen LogP contribution is 2.16. The zero-order valence-corrected chi connectivity index (χ0v) is 16.9. The molecule has 0 spiro atoms. The zero-order chi connectivity index (χ0) is 21.3. The third-order valence-corrected chi connectivity index (χ3v) is 4.65. The Morgan fingerprint density at radius 2 is 1.97 bits per heavy atom. The highest BCUT2D eigenvalue weighted by atomic mass is 19.1. The molecule has 8 heteroatoms. The predicted molar refractivity (Wildman–Crippen MR) is 113 cm³/mol. The number of pyridine rings is 1. The van der Waals surface area contributed by atoms with E-state index in [1.54, 1.807) is 30.5 Å². The van der Waals surface area contributed by atoms with Crippen LogP contribution in [0, 0.1) is 5.95 Å². The summed E-state index contributed by atoms with van der Waals surface area (Å²) in [5.41, 5.74) is 2.29. The Kier molecular flexibility index (Phi) is 6.79. The van der Waals surface area contributed by atoms with E-state index in [0.29, 0.717) is 17.1 Å². The third kappa shape index (κ3) is 6.08. The van der Waals surface area contributed by atoms with Crippen molar-refractivity contribution in [3.63, 3.8) is 0 Å². The van der Waals surface area contributed by atoms with Gasteiger partial charge in [-0.05, 0) is 55.2 Å². The fourth-order valence-corrected chi connectivity index (χ4v) is 3.01. The number of hydrogen-bond donors (Lipinski definition) is 0. The summed E-state index contributed by atoms with van der Waals surface area (Å²) in [6.45, 7) is 1.17. The van der Waals surface area contributed by atoms with Crippen LogP contribution in [-0.2, 0) is 19.6 Å². The van der Waals surface area contributed by atoms with E-state index in [2.05, 4.69) is 32.4 Å². The minimum Gasteiger partial charge on any atom is -0.487 e. The Morgan fingerprint density at radius 3 is 2.77 bits per heavy atom. The number of oxazole rings is 1. The molecule has 0 N–H and O–H groups in total. The number of halogens is 1. The van der Waals surface area contributed by atoms with Gasteiger partial charge < -0.3 is 9.15 Å². The molecule has 0 atom stereocenters. The molecule has 0 saturated heterocycles. The van der Waals surface area contributed by atoms with E-state index in [4.69, 9.17) is 9.15 Å². The first kappa shape index (κ1) is 20.5. The highest BCUT2D eigenvalue weighted by molar-refractivity contribution is 5.65. The second-order valence-electron chi connectivity index (χ2n) is 6.95. The van der Waals surface area contributed by atoms with Gasteiger partial charge in [0.1, 0.15) is 24.3 Å². The molecule has 3 heterocycles. The van der Waals surface area contributed by atoms with Crippen molar-refractivity contribution in [1.82, 2.24) is 25.0 Å². The number of aryl methyl sites for hydroxylation is 2. The van der Waals surface area contributed by atoms with Gasteiger partial charge in [-0.25, -0.2) is 9.97 Å². The van der Waals surface area contributed by atoms with Crippen LogP contribution >= 0.6 is 0 Å². The van der Waals surface area contributed by atoms with Crippen LogP contribution in [0.1, 0.15) is 35.6 Å². The summed E-state index contributed by atoms with van der Waals surface area (Å²) < 4.78 is 26.6. The van der Waals surface area contributed by atoms with Crippen molar-refractivity contribution in [3.8, 4) is 5.75 Å². The Hall–Kier alpha value is -3.81. The molecule has 0 radical (unpaired) electrons. The fourth-order valence-electron chi connectivity index (χ4n) is 3.01. The molecule has 0 fully saturated rings. The van der Waals surface area contributed by atoms with Crippen LogP contribution in [0.2, 0.25) is 0 Å². The predicted octanol–water partition coefficient (Wildman–Crippen LogP) is 4.57. The summed E-state index contributed by atoms with van der Waals surface area (Å²) in [7, 11) is 0. The van der Waals surface area contributed by atoms with Gasteiger partial charge in [0.15, 0.2) is 0 Å². The Bertz CT molecular complexity index is 1110. The van der Waals surface area contributed by atoms with Gasteiger partial charge in [-0.2, -0.15) is 4.39 Å². The van der Waals surface area contributed by atoms with Gasteiger partial charge in [-0.15, -0.1) is 5.10 Å². The van der Waals surface area contributed by atoms with Gasteiger partial charge in [0.05, 0.1) is 6.20 Å². The van der Waals surface area contributed by atoms with Crippen LogP contribution < -0.4 is 4.74 Å². The number of rotatable bonds is 10. The summed E-state index contributed by atoms with van der Waals surface area (Å²) >= 11 is 0. The molecule has 4 aromatic rings. The average molecular weight is 419 g/mol. The van der Waals surface area contributed by atoms with Gasteiger partial charge in [-0.1, -0.05) is 17.3 Å². The van der Waals surface area contributed by atoms with Crippen LogP contribution in [0.15, 0.2) is 65.7 Å². The molecule has 4 rings (SSSR count). The first-order chi connectivity index (χ1) is 15.3. The van der Waals surface area contributed by atoms with Gasteiger partial charge in [0.25, 0.3) is 0 Å². The molecule has 3 aromatic heterocycles. The molecule has 0 bridgehead atoms.